The van der Waals surface area contributed by atoms with E-state index in [2.05, 4.69) is 25.7 Å². The molecule has 0 aliphatic rings. The molecule has 2 N–H and O–H groups in total. The van der Waals surface area contributed by atoms with Crippen molar-refractivity contribution in [3.8, 4) is 5.82 Å². The molecule has 0 saturated carbocycles. The third kappa shape index (κ3) is 3.94. The Labute approximate surface area is 181 Å². The van der Waals surface area contributed by atoms with Gasteiger partial charge in [0.15, 0.2) is 17.0 Å². The predicted octanol–water partition coefficient (Wildman–Crippen LogP) is 3.76. The molecule has 1 amide bonds. The first-order valence-electron chi connectivity index (χ1n) is 9.69. The monoisotopic (exact) mass is 424 g/mol. The molecule has 0 atom stereocenters. The van der Waals surface area contributed by atoms with Crippen molar-refractivity contribution in [3.63, 3.8) is 0 Å². The van der Waals surface area contributed by atoms with Gasteiger partial charge in [0.05, 0.1) is 5.39 Å². The molecular weight excluding hydrogens is 408 g/mol. The molecule has 156 valence electrons. The fourth-order valence-corrected chi connectivity index (χ4v) is 3.14. The Morgan fingerprint density at radius 3 is 2.56 bits per heavy atom. The quantitative estimate of drug-likeness (QED) is 0.441. The van der Waals surface area contributed by atoms with Gasteiger partial charge in [0.1, 0.15) is 17.7 Å². The third-order valence-corrected chi connectivity index (χ3v) is 4.67. The Balaban J connectivity index is 1.30. The van der Waals surface area contributed by atoms with Crippen LogP contribution in [-0.2, 0) is 0 Å². The Morgan fingerprint density at radius 2 is 1.75 bits per heavy atom. The van der Waals surface area contributed by atoms with Crippen LogP contribution in [0.25, 0.3) is 16.8 Å². The van der Waals surface area contributed by atoms with Gasteiger partial charge in [-0.3, -0.25) is 9.59 Å². The van der Waals surface area contributed by atoms with Gasteiger partial charge in [0.2, 0.25) is 0 Å². The van der Waals surface area contributed by atoms with Crippen LogP contribution in [0.4, 0.5) is 17.2 Å². The fraction of sp³-hybridized carbons (Fsp3) is 0. The van der Waals surface area contributed by atoms with Gasteiger partial charge in [-0.25, -0.2) is 14.6 Å². The van der Waals surface area contributed by atoms with Crippen molar-refractivity contribution >= 4 is 34.1 Å². The zero-order chi connectivity index (χ0) is 21.9. The Bertz CT molecular complexity index is 1460. The summed E-state index contributed by atoms with van der Waals surface area (Å²) in [5.41, 5.74) is 1.42. The first-order valence-corrected chi connectivity index (χ1v) is 9.69. The number of aromatic nitrogens is 4. The van der Waals surface area contributed by atoms with Crippen molar-refractivity contribution in [1.29, 1.82) is 0 Å². The van der Waals surface area contributed by atoms with Crippen molar-refractivity contribution in [2.24, 2.45) is 0 Å². The summed E-state index contributed by atoms with van der Waals surface area (Å²) in [6.45, 7) is 0. The summed E-state index contributed by atoms with van der Waals surface area (Å²) in [4.78, 5) is 33.2. The summed E-state index contributed by atoms with van der Waals surface area (Å²) >= 11 is 0. The molecular formula is C23H16N6O3. The van der Waals surface area contributed by atoms with Crippen LogP contribution in [0.15, 0.2) is 94.7 Å². The molecule has 3 aromatic heterocycles. The smallest absolute Gasteiger partial charge is 0.291 e. The van der Waals surface area contributed by atoms with Crippen LogP contribution < -0.4 is 16.1 Å². The lowest BCUT2D eigenvalue weighted by Crippen LogP contribution is -2.14. The molecule has 0 spiro atoms. The lowest BCUT2D eigenvalue weighted by atomic mass is 10.2. The summed E-state index contributed by atoms with van der Waals surface area (Å²) < 4.78 is 7.21. The molecule has 9 heteroatoms. The molecule has 0 aliphatic carbocycles. The van der Waals surface area contributed by atoms with Gasteiger partial charge in [-0.15, -0.1) is 0 Å². The van der Waals surface area contributed by atoms with Crippen LogP contribution in [-0.4, -0.2) is 25.7 Å². The maximum absolute atomic E-state index is 12.6. The van der Waals surface area contributed by atoms with Gasteiger partial charge in [-0.1, -0.05) is 12.1 Å². The number of benzene rings is 2. The van der Waals surface area contributed by atoms with Crippen LogP contribution >= 0.6 is 0 Å². The van der Waals surface area contributed by atoms with E-state index in [1.807, 2.05) is 6.07 Å². The van der Waals surface area contributed by atoms with E-state index in [-0.39, 0.29) is 11.2 Å². The topological polar surface area (TPSA) is 115 Å². The van der Waals surface area contributed by atoms with E-state index in [4.69, 9.17) is 4.42 Å². The summed E-state index contributed by atoms with van der Waals surface area (Å²) in [5, 5.41) is 10.5. The number of nitrogens with one attached hydrogen (secondary N) is 2. The van der Waals surface area contributed by atoms with Crippen molar-refractivity contribution in [1.82, 2.24) is 19.7 Å². The van der Waals surface area contributed by atoms with Crippen molar-refractivity contribution in [3.05, 3.63) is 101 Å². The number of fused-ring (bicyclic) bond motifs is 1. The van der Waals surface area contributed by atoms with Crippen LogP contribution in [0, 0.1) is 0 Å². The first-order chi connectivity index (χ1) is 15.7. The number of hydrogen-bond donors (Lipinski definition) is 2. The van der Waals surface area contributed by atoms with E-state index >= 15 is 0 Å². The van der Waals surface area contributed by atoms with E-state index in [0.717, 1.165) is 5.69 Å². The minimum atomic E-state index is -0.506. The highest BCUT2D eigenvalue weighted by Gasteiger charge is 2.12. The van der Waals surface area contributed by atoms with Gasteiger partial charge in [0.25, 0.3) is 5.91 Å². The van der Waals surface area contributed by atoms with Crippen LogP contribution in [0.2, 0.25) is 0 Å². The molecule has 9 nitrogen and oxygen atoms in total. The lowest BCUT2D eigenvalue weighted by Gasteiger charge is -2.09. The average molecular weight is 424 g/mol. The molecule has 5 aromatic rings. The number of rotatable bonds is 5. The van der Waals surface area contributed by atoms with Gasteiger partial charge < -0.3 is 15.1 Å². The second-order valence-corrected chi connectivity index (χ2v) is 6.84. The molecule has 32 heavy (non-hydrogen) atoms. The fourth-order valence-electron chi connectivity index (χ4n) is 3.14. The van der Waals surface area contributed by atoms with Crippen molar-refractivity contribution in [2.75, 3.05) is 10.6 Å². The normalized spacial score (nSPS) is 10.8. The Morgan fingerprint density at radius 1 is 0.938 bits per heavy atom. The number of carbonyl (C=O) groups excluding carboxylic acids is 1. The van der Waals surface area contributed by atoms with Crippen molar-refractivity contribution in [2.45, 2.75) is 0 Å². The molecule has 0 bridgehead atoms. The summed E-state index contributed by atoms with van der Waals surface area (Å²) in [5.74, 6) is 0.671. The third-order valence-electron chi connectivity index (χ3n) is 4.67. The predicted molar refractivity (Wildman–Crippen MR) is 119 cm³/mol. The molecule has 0 radical (unpaired) electrons. The van der Waals surface area contributed by atoms with Gasteiger partial charge in [-0.05, 0) is 42.5 Å². The molecule has 0 unspecified atom stereocenters. The molecule has 5 rings (SSSR count). The largest absolute Gasteiger partial charge is 0.451 e. The van der Waals surface area contributed by atoms with Gasteiger partial charge >= 0.3 is 0 Å². The van der Waals surface area contributed by atoms with E-state index in [1.165, 1.54) is 12.4 Å². The molecule has 0 fully saturated rings. The van der Waals surface area contributed by atoms with E-state index in [9.17, 15) is 9.59 Å². The maximum Gasteiger partial charge on any atom is 0.291 e. The van der Waals surface area contributed by atoms with Crippen molar-refractivity contribution < 1.29 is 9.21 Å². The zero-order valence-electron chi connectivity index (χ0n) is 16.6. The maximum atomic E-state index is 12.6. The number of para-hydroxylation sites is 1. The van der Waals surface area contributed by atoms with E-state index in [0.29, 0.717) is 28.3 Å². The second kappa shape index (κ2) is 8.15. The summed E-state index contributed by atoms with van der Waals surface area (Å²) in [7, 11) is 0. The van der Waals surface area contributed by atoms with E-state index < -0.39 is 5.91 Å². The highest BCUT2D eigenvalue weighted by molar-refractivity contribution is 6.03. The number of anilines is 3. The summed E-state index contributed by atoms with van der Waals surface area (Å²) in [6, 6.07) is 18.6. The van der Waals surface area contributed by atoms with Crippen LogP contribution in [0.3, 0.4) is 0 Å². The Kier molecular flexibility index (Phi) is 4.89. The molecule has 3 heterocycles. The second-order valence-electron chi connectivity index (χ2n) is 6.84. The minimum absolute atomic E-state index is 0.0527. The lowest BCUT2D eigenvalue weighted by molar-refractivity contribution is 0.0997. The van der Waals surface area contributed by atoms with E-state index in [1.54, 1.807) is 71.7 Å². The molecule has 0 aliphatic heterocycles. The number of hydrogen-bond acceptors (Lipinski definition) is 7. The van der Waals surface area contributed by atoms with Crippen LogP contribution in [0.1, 0.15) is 10.6 Å². The molecule has 0 saturated heterocycles. The number of carbonyl (C=O) groups is 1. The first kappa shape index (κ1) is 19.2. The van der Waals surface area contributed by atoms with Gasteiger partial charge in [0, 0.05) is 35.9 Å². The summed E-state index contributed by atoms with van der Waals surface area (Å²) in [6.07, 6.45) is 4.91. The highest BCUT2D eigenvalue weighted by Crippen LogP contribution is 2.19. The minimum Gasteiger partial charge on any atom is -0.451 e. The average Bonchev–Trinajstić information content (AvgIpc) is 3.36. The Hall–Kier alpha value is -4.79. The SMILES string of the molecule is O=C(Nc1ccc(Nc2cc(-n3cccn3)ncn2)cc1)c1cc(=O)c2ccccc2o1. The zero-order valence-corrected chi connectivity index (χ0v) is 16.6. The number of nitrogens with zero attached hydrogens (tertiary/aromatic N) is 4. The van der Waals surface area contributed by atoms with Crippen LogP contribution in [0.5, 0.6) is 0 Å². The molecule has 2 aromatic carbocycles. The van der Waals surface area contributed by atoms with Gasteiger partial charge in [-0.2, -0.15) is 5.10 Å². The highest BCUT2D eigenvalue weighted by atomic mass is 16.3. The standard InChI is InChI=1S/C23H16N6O3/c30-18-12-20(32-19-5-2-1-4-17(18)19)23(31)28-16-8-6-15(7-9-16)27-21-13-22(25-14-24-21)29-11-3-10-26-29/h1-14H,(H,28,31)(H,24,25,27). The number of amides is 1.